The number of anilines is 1. The molecule has 1 heterocycles. The highest BCUT2D eigenvalue weighted by Gasteiger charge is 2.36. The van der Waals surface area contributed by atoms with E-state index in [4.69, 9.17) is 14.6 Å². The number of nitrogens with one attached hydrogen (secondary N) is 1. The van der Waals surface area contributed by atoms with Gasteiger partial charge in [0, 0.05) is 0 Å². The smallest absolute Gasteiger partial charge is 0.341 e. The van der Waals surface area contributed by atoms with E-state index < -0.39 is 30.4 Å². The van der Waals surface area contributed by atoms with Crippen LogP contribution in [0.15, 0.2) is 48.0 Å². The van der Waals surface area contributed by atoms with Gasteiger partial charge in [-0.15, -0.1) is 0 Å². The van der Waals surface area contributed by atoms with Crippen LogP contribution in [0, 0.1) is 0 Å². The number of nitrogens with zero attached hydrogens (tertiary/aromatic N) is 1. The first kappa shape index (κ1) is 23.5. The maximum atomic E-state index is 13.1. The molecule has 1 saturated heterocycles. The number of rotatable bonds is 8. The number of amides is 4. The van der Waals surface area contributed by atoms with Crippen LogP contribution in [0.25, 0.3) is 6.08 Å². The number of carboxylic acids is 1. The van der Waals surface area contributed by atoms with Crippen LogP contribution >= 0.6 is 0 Å². The number of carboxylic acid groups (broad SMARTS) is 1. The van der Waals surface area contributed by atoms with Gasteiger partial charge in [-0.2, -0.15) is 0 Å². The number of carbonyl (C=O) groups excluding carboxylic acids is 3. The second-order valence-electron chi connectivity index (χ2n) is 7.45. The summed E-state index contributed by atoms with van der Waals surface area (Å²) in [7, 11) is 1.38. The Morgan fingerprint density at radius 3 is 2.42 bits per heavy atom. The molecular weight excluding hydrogens is 428 g/mol. The quantitative estimate of drug-likeness (QED) is 0.465. The second-order valence-corrected chi connectivity index (χ2v) is 7.45. The van der Waals surface area contributed by atoms with E-state index in [2.05, 4.69) is 19.2 Å². The number of aliphatic carboxylic acids is 1. The molecule has 1 atom stereocenters. The van der Waals surface area contributed by atoms with Crippen molar-refractivity contribution in [3.8, 4) is 11.5 Å². The van der Waals surface area contributed by atoms with E-state index in [0.29, 0.717) is 17.2 Å². The highest BCUT2D eigenvalue weighted by atomic mass is 16.5. The van der Waals surface area contributed by atoms with Crippen molar-refractivity contribution in [2.45, 2.75) is 26.2 Å². The Labute approximate surface area is 190 Å². The molecule has 9 nitrogen and oxygen atoms in total. The Hall–Kier alpha value is -4.14. The molecule has 0 radical (unpaired) electrons. The lowest BCUT2D eigenvalue weighted by atomic mass is 9.98. The molecule has 172 valence electrons. The molecule has 1 fully saturated rings. The normalized spacial score (nSPS) is 15.9. The number of benzene rings is 2. The van der Waals surface area contributed by atoms with E-state index in [1.54, 1.807) is 12.1 Å². The summed E-state index contributed by atoms with van der Waals surface area (Å²) in [5.74, 6) is -1.97. The van der Waals surface area contributed by atoms with Gasteiger partial charge in [0.05, 0.1) is 12.8 Å². The van der Waals surface area contributed by atoms with Gasteiger partial charge in [0.2, 0.25) is 0 Å². The summed E-state index contributed by atoms with van der Waals surface area (Å²) >= 11 is 0. The average molecular weight is 452 g/mol. The fraction of sp³-hybridized carbons (Fsp3) is 0.250. The van der Waals surface area contributed by atoms with Crippen molar-refractivity contribution in [1.82, 2.24) is 5.32 Å². The third kappa shape index (κ3) is 5.20. The van der Waals surface area contributed by atoms with Crippen molar-refractivity contribution in [3.63, 3.8) is 0 Å². The van der Waals surface area contributed by atoms with E-state index in [-0.39, 0.29) is 17.1 Å². The lowest BCUT2D eigenvalue weighted by Crippen LogP contribution is -2.54. The van der Waals surface area contributed by atoms with E-state index in [1.807, 2.05) is 12.1 Å². The fourth-order valence-corrected chi connectivity index (χ4v) is 3.28. The standard InChI is InChI=1S/C24H24N2O7/c1-4-14(2)16-6-8-17(9-7-16)26-23(30)18(22(29)25-24(26)31)11-15-5-10-19(20(12-15)32-3)33-13-21(27)28/h5-12,14H,4,13H2,1-3H3,(H,27,28)(H,25,29,31)/b18-11-/t14-/m1/s1. The molecule has 0 aromatic heterocycles. The van der Waals surface area contributed by atoms with Crippen LogP contribution in [-0.4, -0.2) is 42.6 Å². The fourth-order valence-electron chi connectivity index (χ4n) is 3.28. The minimum atomic E-state index is -1.14. The second kappa shape index (κ2) is 9.99. The van der Waals surface area contributed by atoms with Gasteiger partial charge >= 0.3 is 12.0 Å². The number of urea groups is 1. The zero-order valence-electron chi connectivity index (χ0n) is 18.5. The van der Waals surface area contributed by atoms with Gasteiger partial charge in [0.15, 0.2) is 18.1 Å². The first-order valence-corrected chi connectivity index (χ1v) is 10.3. The van der Waals surface area contributed by atoms with Crippen molar-refractivity contribution < 1.29 is 33.8 Å². The maximum Gasteiger partial charge on any atom is 0.341 e. The Kier molecular flexibility index (Phi) is 7.12. The lowest BCUT2D eigenvalue weighted by Gasteiger charge is -2.26. The maximum absolute atomic E-state index is 13.1. The summed E-state index contributed by atoms with van der Waals surface area (Å²) in [4.78, 5) is 49.5. The van der Waals surface area contributed by atoms with E-state index in [9.17, 15) is 19.2 Å². The summed E-state index contributed by atoms with van der Waals surface area (Å²) in [6.07, 6.45) is 2.28. The minimum Gasteiger partial charge on any atom is -0.493 e. The van der Waals surface area contributed by atoms with Gasteiger partial charge in [-0.1, -0.05) is 32.0 Å². The van der Waals surface area contributed by atoms with Gasteiger partial charge in [-0.25, -0.2) is 14.5 Å². The number of barbiturate groups is 1. The summed E-state index contributed by atoms with van der Waals surface area (Å²) in [6, 6.07) is 10.7. The third-order valence-corrected chi connectivity index (χ3v) is 5.28. The first-order valence-electron chi connectivity index (χ1n) is 10.3. The monoisotopic (exact) mass is 452 g/mol. The van der Waals surface area contributed by atoms with Crippen LogP contribution in [0.3, 0.4) is 0 Å². The summed E-state index contributed by atoms with van der Waals surface area (Å²) in [6.45, 7) is 3.60. The molecule has 0 spiro atoms. The molecule has 0 aliphatic carbocycles. The van der Waals surface area contributed by atoms with Crippen molar-refractivity contribution in [2.24, 2.45) is 0 Å². The number of hydrogen-bond donors (Lipinski definition) is 2. The van der Waals surface area contributed by atoms with Crippen molar-refractivity contribution in [3.05, 3.63) is 59.2 Å². The van der Waals surface area contributed by atoms with Gasteiger partial charge < -0.3 is 14.6 Å². The van der Waals surface area contributed by atoms with Crippen molar-refractivity contribution >= 4 is 35.6 Å². The van der Waals surface area contributed by atoms with E-state index in [1.165, 1.54) is 31.4 Å². The van der Waals surface area contributed by atoms with Gasteiger partial charge in [-0.05, 0) is 53.8 Å². The van der Waals surface area contributed by atoms with E-state index in [0.717, 1.165) is 16.9 Å². The molecule has 4 amide bonds. The molecule has 0 unspecified atom stereocenters. The zero-order chi connectivity index (χ0) is 24.1. The number of ether oxygens (including phenoxy) is 2. The molecule has 0 bridgehead atoms. The van der Waals surface area contributed by atoms with Crippen LogP contribution in [0.1, 0.15) is 37.3 Å². The zero-order valence-corrected chi connectivity index (χ0v) is 18.5. The topological polar surface area (TPSA) is 122 Å². The molecule has 9 heteroatoms. The third-order valence-electron chi connectivity index (χ3n) is 5.28. The van der Waals surface area contributed by atoms with Gasteiger partial charge in [0.1, 0.15) is 5.57 Å². The minimum absolute atomic E-state index is 0.194. The largest absolute Gasteiger partial charge is 0.493 e. The highest BCUT2D eigenvalue weighted by Crippen LogP contribution is 2.30. The predicted octanol–water partition coefficient (Wildman–Crippen LogP) is 3.34. The lowest BCUT2D eigenvalue weighted by molar-refractivity contribution is -0.139. The van der Waals surface area contributed by atoms with Gasteiger partial charge in [0.25, 0.3) is 11.8 Å². The van der Waals surface area contributed by atoms with Crippen LogP contribution in [0.5, 0.6) is 11.5 Å². The Balaban J connectivity index is 1.91. The molecule has 33 heavy (non-hydrogen) atoms. The molecular formula is C24H24N2O7. The Morgan fingerprint density at radius 1 is 1.12 bits per heavy atom. The van der Waals surface area contributed by atoms with Crippen LogP contribution < -0.4 is 19.7 Å². The molecule has 3 rings (SSSR count). The summed E-state index contributed by atoms with van der Waals surface area (Å²) in [5.41, 5.74) is 1.62. The molecule has 2 aromatic carbocycles. The highest BCUT2D eigenvalue weighted by molar-refractivity contribution is 6.39. The summed E-state index contributed by atoms with van der Waals surface area (Å²) < 4.78 is 10.4. The number of carbonyl (C=O) groups is 4. The SMILES string of the molecule is CC[C@@H](C)c1ccc(N2C(=O)NC(=O)/C(=C/c3ccc(OCC(=O)O)c(OC)c3)C2=O)cc1. The van der Waals surface area contributed by atoms with Crippen LogP contribution in [-0.2, 0) is 14.4 Å². The number of imide groups is 2. The van der Waals surface area contributed by atoms with Gasteiger partial charge in [-0.3, -0.25) is 14.9 Å². The molecule has 1 aliphatic heterocycles. The van der Waals surface area contributed by atoms with E-state index >= 15 is 0 Å². The number of methoxy groups -OCH3 is 1. The summed E-state index contributed by atoms with van der Waals surface area (Å²) in [5, 5.41) is 11.0. The molecule has 0 saturated carbocycles. The predicted molar refractivity (Wildman–Crippen MR) is 120 cm³/mol. The number of hydrogen-bond acceptors (Lipinski definition) is 6. The first-order chi connectivity index (χ1) is 15.7. The molecule has 2 aromatic rings. The van der Waals surface area contributed by atoms with Crippen molar-refractivity contribution in [2.75, 3.05) is 18.6 Å². The Bertz CT molecular complexity index is 1120. The Morgan fingerprint density at radius 2 is 1.82 bits per heavy atom. The average Bonchev–Trinajstić information content (AvgIpc) is 2.80. The van der Waals surface area contributed by atoms with Crippen molar-refractivity contribution in [1.29, 1.82) is 0 Å². The van der Waals surface area contributed by atoms with Crippen LogP contribution in [0.2, 0.25) is 0 Å². The molecule has 2 N–H and O–H groups in total. The van der Waals surface area contributed by atoms with Crippen LogP contribution in [0.4, 0.5) is 10.5 Å². The molecule has 1 aliphatic rings.